The molecular weight excluding hydrogens is 272 g/mol. The van der Waals surface area contributed by atoms with Gasteiger partial charge in [0, 0.05) is 10.6 Å². The Labute approximate surface area is 125 Å². The quantitative estimate of drug-likeness (QED) is 0.503. The highest BCUT2D eigenvalue weighted by Crippen LogP contribution is 2.46. The van der Waals surface area contributed by atoms with E-state index in [1.807, 2.05) is 11.8 Å². The number of hydrogen-bond donors (Lipinski definition) is 0. The lowest BCUT2D eigenvalue weighted by Gasteiger charge is -2.33. The predicted molar refractivity (Wildman–Crippen MR) is 85.3 cm³/mol. The summed E-state index contributed by atoms with van der Waals surface area (Å²) in [4.78, 5) is 1.48. The van der Waals surface area contributed by atoms with E-state index in [9.17, 15) is 0 Å². The van der Waals surface area contributed by atoms with Crippen LogP contribution in [0.25, 0.3) is 0 Å². The zero-order valence-electron chi connectivity index (χ0n) is 11.7. The molecule has 0 aromatic heterocycles. The minimum Gasteiger partial charge on any atom is -0.125 e. The Balaban J connectivity index is 1.76. The molecule has 0 fully saturated rings. The molecule has 102 valence electrons. The van der Waals surface area contributed by atoms with Gasteiger partial charge in [0.25, 0.3) is 0 Å². The van der Waals surface area contributed by atoms with Crippen molar-refractivity contribution in [1.82, 2.24) is 0 Å². The number of alkyl halides is 1. The van der Waals surface area contributed by atoms with Crippen LogP contribution in [0.1, 0.15) is 44.6 Å². The topological polar surface area (TPSA) is 0 Å². The van der Waals surface area contributed by atoms with Crippen molar-refractivity contribution < 1.29 is 0 Å². The standard InChI is InChI=1S/C17H21ClS/c1-17(2)9-12(8-14(18)10-17)7-13-11-19-16-6-4-3-5-15(13)16/h3-6,8,13-14H,7,9-11H2,1-2H3. The molecule has 0 saturated heterocycles. The van der Waals surface area contributed by atoms with Crippen LogP contribution in [0, 0.1) is 5.41 Å². The molecule has 1 aliphatic heterocycles. The fraction of sp³-hybridized carbons (Fsp3) is 0.529. The molecule has 1 aromatic carbocycles. The first kappa shape index (κ1) is 13.6. The summed E-state index contributed by atoms with van der Waals surface area (Å²) in [6.45, 7) is 4.68. The molecule has 0 saturated carbocycles. The van der Waals surface area contributed by atoms with Gasteiger partial charge in [-0.15, -0.1) is 23.4 Å². The number of benzene rings is 1. The third-order valence-electron chi connectivity index (χ3n) is 4.18. The van der Waals surface area contributed by atoms with E-state index >= 15 is 0 Å². The summed E-state index contributed by atoms with van der Waals surface area (Å²) in [6.07, 6.45) is 5.82. The summed E-state index contributed by atoms with van der Waals surface area (Å²) in [5.41, 5.74) is 3.48. The summed E-state index contributed by atoms with van der Waals surface area (Å²) in [5.74, 6) is 1.91. The number of fused-ring (bicyclic) bond motifs is 1. The Hall–Kier alpha value is -0.400. The van der Waals surface area contributed by atoms with Crippen molar-refractivity contribution in [2.24, 2.45) is 5.41 Å². The lowest BCUT2D eigenvalue weighted by molar-refractivity contribution is 0.317. The summed E-state index contributed by atoms with van der Waals surface area (Å²) in [6, 6.07) is 8.86. The van der Waals surface area contributed by atoms with Gasteiger partial charge in [-0.25, -0.2) is 0 Å². The molecule has 19 heavy (non-hydrogen) atoms. The van der Waals surface area contributed by atoms with Crippen molar-refractivity contribution in [3.05, 3.63) is 41.5 Å². The maximum absolute atomic E-state index is 6.40. The van der Waals surface area contributed by atoms with E-state index in [4.69, 9.17) is 11.6 Å². The molecule has 0 amide bonds. The first-order valence-electron chi connectivity index (χ1n) is 7.09. The second-order valence-corrected chi connectivity index (χ2v) is 8.26. The third-order valence-corrected chi connectivity index (χ3v) is 5.71. The van der Waals surface area contributed by atoms with Crippen LogP contribution >= 0.6 is 23.4 Å². The van der Waals surface area contributed by atoms with Crippen molar-refractivity contribution in [3.63, 3.8) is 0 Å². The maximum atomic E-state index is 6.40. The average molecular weight is 293 g/mol. The highest BCUT2D eigenvalue weighted by atomic mass is 35.5. The summed E-state index contributed by atoms with van der Waals surface area (Å²) in [7, 11) is 0. The Bertz CT molecular complexity index is 504. The smallest absolute Gasteiger partial charge is 0.0523 e. The Morgan fingerprint density at radius 2 is 2.11 bits per heavy atom. The molecule has 3 rings (SSSR count). The lowest BCUT2D eigenvalue weighted by atomic mass is 9.75. The van der Waals surface area contributed by atoms with E-state index < -0.39 is 0 Å². The monoisotopic (exact) mass is 292 g/mol. The second kappa shape index (κ2) is 5.18. The second-order valence-electron chi connectivity index (χ2n) is 6.64. The zero-order chi connectivity index (χ0) is 13.5. The molecule has 0 N–H and O–H groups in total. The molecule has 0 spiro atoms. The van der Waals surface area contributed by atoms with Gasteiger partial charge in [-0.3, -0.25) is 0 Å². The normalized spacial score (nSPS) is 28.9. The Morgan fingerprint density at radius 1 is 1.32 bits per heavy atom. The van der Waals surface area contributed by atoms with Gasteiger partial charge in [0.05, 0.1) is 5.38 Å². The van der Waals surface area contributed by atoms with Gasteiger partial charge < -0.3 is 0 Å². The predicted octanol–water partition coefficient (Wildman–Crippen LogP) is 5.62. The summed E-state index contributed by atoms with van der Waals surface area (Å²) in [5, 5.41) is 0.225. The molecule has 0 radical (unpaired) electrons. The molecule has 2 aliphatic rings. The number of allylic oxidation sites excluding steroid dienone is 2. The minimum atomic E-state index is 0.225. The number of hydrogen-bond acceptors (Lipinski definition) is 1. The van der Waals surface area contributed by atoms with E-state index in [-0.39, 0.29) is 5.38 Å². The molecule has 0 nitrogen and oxygen atoms in total. The number of halogens is 1. The average Bonchev–Trinajstić information content (AvgIpc) is 2.70. The van der Waals surface area contributed by atoms with Crippen LogP contribution in [0.5, 0.6) is 0 Å². The van der Waals surface area contributed by atoms with Crippen LogP contribution in [-0.4, -0.2) is 11.1 Å². The maximum Gasteiger partial charge on any atom is 0.0523 e. The fourth-order valence-electron chi connectivity index (χ4n) is 3.44. The molecule has 0 bridgehead atoms. The largest absolute Gasteiger partial charge is 0.125 e. The van der Waals surface area contributed by atoms with E-state index in [1.165, 1.54) is 23.5 Å². The van der Waals surface area contributed by atoms with Gasteiger partial charge in [0.1, 0.15) is 0 Å². The fourth-order valence-corrected chi connectivity index (χ4v) is 5.29. The highest BCUT2D eigenvalue weighted by Gasteiger charge is 2.30. The van der Waals surface area contributed by atoms with Crippen LogP contribution in [-0.2, 0) is 0 Å². The van der Waals surface area contributed by atoms with Crippen LogP contribution in [0.3, 0.4) is 0 Å². The molecule has 2 atom stereocenters. The SMILES string of the molecule is CC1(C)CC(CC2CSc3ccccc32)=CC(Cl)C1. The zero-order valence-corrected chi connectivity index (χ0v) is 13.2. The van der Waals surface area contributed by atoms with Gasteiger partial charge >= 0.3 is 0 Å². The van der Waals surface area contributed by atoms with E-state index in [0.717, 1.165) is 6.42 Å². The van der Waals surface area contributed by atoms with Crippen LogP contribution in [0.2, 0.25) is 0 Å². The van der Waals surface area contributed by atoms with Crippen LogP contribution in [0.4, 0.5) is 0 Å². The van der Waals surface area contributed by atoms with Crippen molar-refractivity contribution in [3.8, 4) is 0 Å². The number of rotatable bonds is 2. The molecule has 1 aromatic rings. The van der Waals surface area contributed by atoms with E-state index in [1.54, 1.807) is 11.1 Å². The third kappa shape index (κ3) is 3.03. The van der Waals surface area contributed by atoms with Gasteiger partial charge in [-0.05, 0) is 42.2 Å². The molecule has 2 unspecified atom stereocenters. The lowest BCUT2D eigenvalue weighted by Crippen LogP contribution is -2.22. The minimum absolute atomic E-state index is 0.225. The molecule has 1 aliphatic carbocycles. The van der Waals surface area contributed by atoms with Gasteiger partial charge in [-0.1, -0.05) is 43.7 Å². The van der Waals surface area contributed by atoms with Crippen molar-refractivity contribution in [2.75, 3.05) is 5.75 Å². The van der Waals surface area contributed by atoms with Crippen LogP contribution < -0.4 is 0 Å². The van der Waals surface area contributed by atoms with Gasteiger partial charge in [-0.2, -0.15) is 0 Å². The molecule has 2 heteroatoms. The van der Waals surface area contributed by atoms with Crippen molar-refractivity contribution >= 4 is 23.4 Å². The van der Waals surface area contributed by atoms with E-state index in [0.29, 0.717) is 11.3 Å². The Morgan fingerprint density at radius 3 is 2.89 bits per heavy atom. The summed E-state index contributed by atoms with van der Waals surface area (Å²) >= 11 is 8.41. The Kier molecular flexibility index (Phi) is 3.70. The highest BCUT2D eigenvalue weighted by molar-refractivity contribution is 7.99. The molecule has 1 heterocycles. The first-order chi connectivity index (χ1) is 9.03. The van der Waals surface area contributed by atoms with Gasteiger partial charge in [0.15, 0.2) is 0 Å². The summed E-state index contributed by atoms with van der Waals surface area (Å²) < 4.78 is 0. The van der Waals surface area contributed by atoms with Crippen LogP contribution in [0.15, 0.2) is 40.8 Å². The van der Waals surface area contributed by atoms with Crippen molar-refractivity contribution in [2.45, 2.75) is 49.3 Å². The van der Waals surface area contributed by atoms with E-state index in [2.05, 4.69) is 44.2 Å². The van der Waals surface area contributed by atoms with Crippen molar-refractivity contribution in [1.29, 1.82) is 0 Å². The molecular formula is C17H21ClS. The number of thioether (sulfide) groups is 1. The van der Waals surface area contributed by atoms with Gasteiger partial charge in [0.2, 0.25) is 0 Å². The first-order valence-corrected chi connectivity index (χ1v) is 8.51.